The highest BCUT2D eigenvalue weighted by molar-refractivity contribution is 5.21. The Hall–Kier alpha value is -0.900. The van der Waals surface area contributed by atoms with Crippen LogP contribution < -0.4 is 0 Å². The Bertz CT molecular complexity index is 278. The van der Waals surface area contributed by atoms with Crippen LogP contribution in [0.4, 0.5) is 0 Å². The van der Waals surface area contributed by atoms with Crippen LogP contribution in [-0.4, -0.2) is 25.6 Å². The second kappa shape index (κ2) is 5.26. The van der Waals surface area contributed by atoms with Crippen molar-refractivity contribution in [1.29, 1.82) is 0 Å². The fourth-order valence-electron chi connectivity index (χ4n) is 1.50. The highest BCUT2D eigenvalue weighted by atomic mass is 16.7. The SMILES string of the molecule is COC(CC(C)(O)c1ccccc1)OC. The van der Waals surface area contributed by atoms with Gasteiger partial charge in [0.25, 0.3) is 0 Å². The number of rotatable bonds is 5. The van der Waals surface area contributed by atoms with Gasteiger partial charge in [0.2, 0.25) is 0 Å². The fraction of sp³-hybridized carbons (Fsp3) is 0.500. The van der Waals surface area contributed by atoms with Crippen LogP contribution in [0.25, 0.3) is 0 Å². The van der Waals surface area contributed by atoms with Crippen molar-refractivity contribution in [3.05, 3.63) is 35.9 Å². The third kappa shape index (κ3) is 3.30. The summed E-state index contributed by atoms with van der Waals surface area (Å²) >= 11 is 0. The van der Waals surface area contributed by atoms with Gasteiger partial charge in [-0.15, -0.1) is 0 Å². The number of hydrogen-bond donors (Lipinski definition) is 1. The molecule has 0 saturated carbocycles. The van der Waals surface area contributed by atoms with Crippen LogP contribution in [0.1, 0.15) is 18.9 Å². The van der Waals surface area contributed by atoms with Gasteiger partial charge in [0, 0.05) is 20.6 Å². The third-order valence-corrected chi connectivity index (χ3v) is 2.49. The van der Waals surface area contributed by atoms with Crippen LogP contribution >= 0.6 is 0 Å². The maximum atomic E-state index is 10.3. The first-order chi connectivity index (χ1) is 7.10. The summed E-state index contributed by atoms with van der Waals surface area (Å²) in [6.45, 7) is 1.76. The molecule has 1 atom stereocenters. The van der Waals surface area contributed by atoms with Gasteiger partial charge in [0.15, 0.2) is 6.29 Å². The van der Waals surface area contributed by atoms with Gasteiger partial charge in [-0.3, -0.25) is 0 Å². The molecular formula is C12H18O3. The molecule has 0 spiro atoms. The molecule has 1 N–H and O–H groups in total. The number of aliphatic hydroxyl groups is 1. The second-order valence-electron chi connectivity index (χ2n) is 3.74. The van der Waals surface area contributed by atoms with Crippen LogP contribution in [-0.2, 0) is 15.1 Å². The van der Waals surface area contributed by atoms with Crippen molar-refractivity contribution < 1.29 is 14.6 Å². The average Bonchev–Trinajstić information content (AvgIpc) is 2.27. The minimum atomic E-state index is -0.933. The Morgan fingerprint density at radius 2 is 1.73 bits per heavy atom. The lowest BCUT2D eigenvalue weighted by molar-refractivity contribution is -0.142. The topological polar surface area (TPSA) is 38.7 Å². The van der Waals surface area contributed by atoms with E-state index in [1.807, 2.05) is 30.3 Å². The third-order valence-electron chi connectivity index (χ3n) is 2.49. The van der Waals surface area contributed by atoms with Crippen molar-refractivity contribution >= 4 is 0 Å². The first-order valence-corrected chi connectivity index (χ1v) is 4.93. The quantitative estimate of drug-likeness (QED) is 0.754. The maximum Gasteiger partial charge on any atom is 0.159 e. The van der Waals surface area contributed by atoms with Crippen molar-refractivity contribution in [3.8, 4) is 0 Å². The van der Waals surface area contributed by atoms with Gasteiger partial charge in [-0.25, -0.2) is 0 Å². The van der Waals surface area contributed by atoms with Crippen molar-refractivity contribution in [1.82, 2.24) is 0 Å². The molecule has 0 radical (unpaired) electrons. The summed E-state index contributed by atoms with van der Waals surface area (Å²) in [5.74, 6) is 0. The lowest BCUT2D eigenvalue weighted by atomic mass is 9.92. The van der Waals surface area contributed by atoms with Gasteiger partial charge >= 0.3 is 0 Å². The molecule has 0 aromatic heterocycles. The summed E-state index contributed by atoms with van der Waals surface area (Å²) in [5, 5.41) is 10.3. The van der Waals surface area contributed by atoms with E-state index in [1.165, 1.54) is 0 Å². The smallest absolute Gasteiger partial charge is 0.159 e. The molecule has 3 heteroatoms. The molecule has 3 nitrogen and oxygen atoms in total. The molecular weight excluding hydrogens is 192 g/mol. The van der Waals surface area contributed by atoms with E-state index in [1.54, 1.807) is 21.1 Å². The van der Waals surface area contributed by atoms with E-state index >= 15 is 0 Å². The Kier molecular flexibility index (Phi) is 4.27. The number of ether oxygens (including phenoxy) is 2. The van der Waals surface area contributed by atoms with Crippen LogP contribution in [0.2, 0.25) is 0 Å². The molecule has 0 aliphatic heterocycles. The molecule has 1 unspecified atom stereocenters. The van der Waals surface area contributed by atoms with E-state index in [2.05, 4.69) is 0 Å². The first kappa shape index (κ1) is 12.2. The van der Waals surface area contributed by atoms with Crippen molar-refractivity contribution in [2.45, 2.75) is 25.2 Å². The molecule has 0 saturated heterocycles. The molecule has 84 valence electrons. The summed E-state index contributed by atoms with van der Waals surface area (Å²) < 4.78 is 10.1. The molecule has 0 heterocycles. The molecule has 15 heavy (non-hydrogen) atoms. The van der Waals surface area contributed by atoms with Gasteiger partial charge in [0.1, 0.15) is 0 Å². The largest absolute Gasteiger partial charge is 0.385 e. The summed E-state index contributed by atoms with van der Waals surface area (Å²) in [5.41, 5.74) is -0.0677. The Labute approximate surface area is 90.6 Å². The van der Waals surface area contributed by atoms with Gasteiger partial charge < -0.3 is 14.6 Å². The monoisotopic (exact) mass is 210 g/mol. The van der Waals surface area contributed by atoms with Crippen molar-refractivity contribution in [2.75, 3.05) is 14.2 Å². The zero-order valence-corrected chi connectivity index (χ0v) is 9.43. The summed E-state index contributed by atoms with van der Waals surface area (Å²) in [6, 6.07) is 9.51. The predicted molar refractivity (Wildman–Crippen MR) is 58.4 cm³/mol. The van der Waals surface area contributed by atoms with Gasteiger partial charge in [-0.05, 0) is 12.5 Å². The van der Waals surface area contributed by atoms with Gasteiger partial charge in [-0.2, -0.15) is 0 Å². The summed E-state index contributed by atoms with van der Waals surface area (Å²) in [7, 11) is 3.13. The zero-order chi connectivity index (χ0) is 11.3. The lowest BCUT2D eigenvalue weighted by Crippen LogP contribution is -2.29. The van der Waals surface area contributed by atoms with Crippen LogP contribution in [0.5, 0.6) is 0 Å². The second-order valence-corrected chi connectivity index (χ2v) is 3.74. The van der Waals surface area contributed by atoms with E-state index < -0.39 is 5.60 Å². The molecule has 0 bridgehead atoms. The summed E-state index contributed by atoms with van der Waals surface area (Å²) in [6.07, 6.45) is 0.0181. The van der Waals surface area contributed by atoms with Crippen molar-refractivity contribution in [3.63, 3.8) is 0 Å². The molecule has 1 aromatic carbocycles. The zero-order valence-electron chi connectivity index (χ0n) is 9.43. The minimum absolute atomic E-state index is 0.389. The highest BCUT2D eigenvalue weighted by Crippen LogP contribution is 2.26. The maximum absolute atomic E-state index is 10.3. The molecule has 0 amide bonds. The van der Waals surface area contributed by atoms with Gasteiger partial charge in [0.05, 0.1) is 5.60 Å². The molecule has 1 rings (SSSR count). The summed E-state index contributed by atoms with van der Waals surface area (Å²) in [4.78, 5) is 0. The van der Waals surface area contributed by atoms with Crippen LogP contribution in [0.15, 0.2) is 30.3 Å². The van der Waals surface area contributed by atoms with Gasteiger partial charge in [-0.1, -0.05) is 30.3 Å². The van der Waals surface area contributed by atoms with E-state index in [0.717, 1.165) is 5.56 Å². The number of methoxy groups -OCH3 is 2. The lowest BCUT2D eigenvalue weighted by Gasteiger charge is -2.27. The highest BCUT2D eigenvalue weighted by Gasteiger charge is 2.27. The predicted octanol–water partition coefficient (Wildman–Crippen LogP) is 1.90. The number of benzene rings is 1. The molecule has 1 aromatic rings. The van der Waals surface area contributed by atoms with Crippen LogP contribution in [0, 0.1) is 0 Å². The molecule has 0 fully saturated rings. The number of hydrogen-bond acceptors (Lipinski definition) is 3. The van der Waals surface area contributed by atoms with E-state index in [0.29, 0.717) is 6.42 Å². The van der Waals surface area contributed by atoms with E-state index in [4.69, 9.17) is 9.47 Å². The first-order valence-electron chi connectivity index (χ1n) is 4.93. The van der Waals surface area contributed by atoms with E-state index in [9.17, 15) is 5.11 Å². The Morgan fingerprint density at radius 1 is 1.20 bits per heavy atom. The average molecular weight is 210 g/mol. The van der Waals surface area contributed by atoms with Crippen LogP contribution in [0.3, 0.4) is 0 Å². The van der Waals surface area contributed by atoms with Crippen molar-refractivity contribution in [2.24, 2.45) is 0 Å². The Morgan fingerprint density at radius 3 is 2.20 bits per heavy atom. The Balaban J connectivity index is 2.74. The molecule has 0 aliphatic rings. The normalized spacial score (nSPS) is 15.3. The standard InChI is InChI=1S/C12H18O3/c1-12(13,9-11(14-2)15-3)10-7-5-4-6-8-10/h4-8,11,13H,9H2,1-3H3. The molecule has 0 aliphatic carbocycles. The van der Waals surface area contributed by atoms with E-state index in [-0.39, 0.29) is 6.29 Å². The fourth-order valence-corrected chi connectivity index (χ4v) is 1.50. The minimum Gasteiger partial charge on any atom is -0.385 e.